The number of nitrogens with zero attached hydrogens (tertiary/aromatic N) is 2. The van der Waals surface area contributed by atoms with Gasteiger partial charge in [-0.05, 0) is 78.1 Å². The van der Waals surface area contributed by atoms with Crippen LogP contribution in [-0.4, -0.2) is 26.9 Å². The first-order chi connectivity index (χ1) is 17.1. The fourth-order valence-electron chi connectivity index (χ4n) is 4.11. The van der Waals surface area contributed by atoms with Crippen LogP contribution in [0.3, 0.4) is 0 Å². The van der Waals surface area contributed by atoms with Crippen LogP contribution < -0.4 is 11.1 Å². The number of halogens is 1. The van der Waals surface area contributed by atoms with Gasteiger partial charge in [0.05, 0.1) is 11.7 Å². The van der Waals surface area contributed by atoms with Crippen molar-refractivity contribution in [1.82, 2.24) is 15.0 Å². The number of nitrogens with one attached hydrogen (secondary N) is 2. The van der Waals surface area contributed by atoms with E-state index in [2.05, 4.69) is 20.3 Å². The summed E-state index contributed by atoms with van der Waals surface area (Å²) >= 11 is 0. The Balaban J connectivity index is 1.42. The molecule has 5 aromatic rings. The number of nitrogens with two attached hydrogens (primary N) is 1. The number of fused-ring (bicyclic) bond motifs is 1. The topological polar surface area (TPSA) is 96.7 Å². The zero-order valence-electron chi connectivity index (χ0n) is 18.9. The molecule has 2 aromatic carbocycles. The highest BCUT2D eigenvalue weighted by Crippen LogP contribution is 2.38. The van der Waals surface area contributed by atoms with Crippen molar-refractivity contribution >= 4 is 22.8 Å². The van der Waals surface area contributed by atoms with Gasteiger partial charge in [-0.15, -0.1) is 0 Å². The van der Waals surface area contributed by atoms with Gasteiger partial charge in [-0.1, -0.05) is 30.3 Å². The van der Waals surface area contributed by atoms with Crippen LogP contribution in [0, 0.1) is 5.82 Å². The van der Waals surface area contributed by atoms with Crippen molar-refractivity contribution in [3.63, 3.8) is 0 Å². The van der Waals surface area contributed by atoms with Crippen molar-refractivity contribution in [3.8, 4) is 22.4 Å². The molecule has 5 rings (SSSR count). The minimum Gasteiger partial charge on any atom is -0.339 e. The minimum absolute atomic E-state index is 0.285. The van der Waals surface area contributed by atoms with Crippen LogP contribution in [0.25, 0.3) is 33.4 Å². The summed E-state index contributed by atoms with van der Waals surface area (Å²) in [6, 6.07) is 23.1. The molecule has 0 bridgehead atoms. The number of pyridine rings is 2. The number of H-pyrrole nitrogens is 1. The van der Waals surface area contributed by atoms with E-state index in [1.54, 1.807) is 30.6 Å². The molecule has 0 aliphatic heterocycles. The fourth-order valence-corrected chi connectivity index (χ4v) is 4.11. The Labute approximate surface area is 202 Å². The van der Waals surface area contributed by atoms with Crippen molar-refractivity contribution < 1.29 is 9.18 Å². The van der Waals surface area contributed by atoms with E-state index in [-0.39, 0.29) is 11.7 Å². The largest absolute Gasteiger partial charge is 0.339 e. The first-order valence-corrected chi connectivity index (χ1v) is 11.4. The summed E-state index contributed by atoms with van der Waals surface area (Å²) in [6.45, 7) is 0. The van der Waals surface area contributed by atoms with Gasteiger partial charge in [0.25, 0.3) is 0 Å². The summed E-state index contributed by atoms with van der Waals surface area (Å²) in [5.74, 6) is -0.180. The third-order valence-electron chi connectivity index (χ3n) is 5.93. The summed E-state index contributed by atoms with van der Waals surface area (Å²) in [5, 5.41) is 3.71. The maximum Gasteiger partial charge on any atom is 0.242 e. The van der Waals surface area contributed by atoms with Crippen LogP contribution in [-0.2, 0) is 11.2 Å². The van der Waals surface area contributed by atoms with Crippen LogP contribution >= 0.6 is 0 Å². The Morgan fingerprint density at radius 3 is 2.43 bits per heavy atom. The van der Waals surface area contributed by atoms with Gasteiger partial charge >= 0.3 is 0 Å². The van der Waals surface area contributed by atoms with Gasteiger partial charge in [0, 0.05) is 23.3 Å². The summed E-state index contributed by atoms with van der Waals surface area (Å²) in [7, 11) is 0. The van der Waals surface area contributed by atoms with Gasteiger partial charge in [-0.3, -0.25) is 9.78 Å². The predicted octanol–water partition coefficient (Wildman–Crippen LogP) is 5.33. The summed E-state index contributed by atoms with van der Waals surface area (Å²) in [6.07, 6.45) is 4.69. The molecule has 1 amide bonds. The third kappa shape index (κ3) is 4.95. The number of hydrogen-bond acceptors (Lipinski definition) is 4. The quantitative estimate of drug-likeness (QED) is 0.303. The SMILES string of the molecule is N[C@@H](CCc1ccccc1)C(=O)Nc1ccc2c(-c3ccncc3)c(-c3ccc(F)cc3)[nH]c2n1. The molecule has 0 saturated carbocycles. The number of carbonyl (C=O) groups excluding carboxylic acids is 1. The molecule has 0 radical (unpaired) electrons. The predicted molar refractivity (Wildman–Crippen MR) is 136 cm³/mol. The van der Waals surface area contributed by atoms with E-state index in [1.165, 1.54) is 12.1 Å². The summed E-state index contributed by atoms with van der Waals surface area (Å²) in [5.41, 5.74) is 11.4. The van der Waals surface area contributed by atoms with Crippen molar-refractivity contribution in [2.45, 2.75) is 18.9 Å². The van der Waals surface area contributed by atoms with Gasteiger partial charge < -0.3 is 16.0 Å². The molecule has 3 heterocycles. The van der Waals surface area contributed by atoms with Crippen LogP contribution in [0.1, 0.15) is 12.0 Å². The van der Waals surface area contributed by atoms with Gasteiger partial charge in [-0.25, -0.2) is 9.37 Å². The van der Waals surface area contributed by atoms with E-state index in [9.17, 15) is 9.18 Å². The molecule has 6 nitrogen and oxygen atoms in total. The summed E-state index contributed by atoms with van der Waals surface area (Å²) < 4.78 is 13.5. The van der Waals surface area contributed by atoms with Gasteiger partial charge in [0.15, 0.2) is 0 Å². The van der Waals surface area contributed by atoms with E-state index in [4.69, 9.17) is 5.73 Å². The van der Waals surface area contributed by atoms with Crippen LogP contribution in [0.2, 0.25) is 0 Å². The number of aryl methyl sites for hydroxylation is 1. The Kier molecular flexibility index (Phi) is 6.32. The lowest BCUT2D eigenvalue weighted by molar-refractivity contribution is -0.117. The van der Waals surface area contributed by atoms with Crippen LogP contribution in [0.5, 0.6) is 0 Å². The molecular weight excluding hydrogens is 441 g/mol. The lowest BCUT2D eigenvalue weighted by Gasteiger charge is -2.12. The molecule has 0 unspecified atom stereocenters. The Hall–Kier alpha value is -4.36. The van der Waals surface area contributed by atoms with Crippen LogP contribution in [0.4, 0.5) is 10.2 Å². The van der Waals surface area contributed by atoms with E-state index in [0.29, 0.717) is 17.9 Å². The number of hydrogen-bond donors (Lipinski definition) is 3. The number of amides is 1. The number of aromatic nitrogens is 3. The molecular formula is C28H24FN5O. The van der Waals surface area contributed by atoms with Crippen molar-refractivity contribution in [1.29, 1.82) is 0 Å². The van der Waals surface area contributed by atoms with Gasteiger partial charge in [-0.2, -0.15) is 0 Å². The highest BCUT2D eigenvalue weighted by molar-refractivity contribution is 6.03. The highest BCUT2D eigenvalue weighted by Gasteiger charge is 2.18. The van der Waals surface area contributed by atoms with E-state index in [0.717, 1.165) is 39.8 Å². The Bertz CT molecular complexity index is 1450. The van der Waals surface area contributed by atoms with Crippen LogP contribution in [0.15, 0.2) is 91.3 Å². The molecule has 1 atom stereocenters. The van der Waals surface area contributed by atoms with E-state index in [1.807, 2.05) is 48.5 Å². The number of rotatable bonds is 7. The zero-order valence-corrected chi connectivity index (χ0v) is 18.9. The lowest BCUT2D eigenvalue weighted by atomic mass is 10.00. The third-order valence-corrected chi connectivity index (χ3v) is 5.93. The molecule has 0 aliphatic carbocycles. The standard InChI is InChI=1S/C28H24FN5O/c29-21-9-7-20(8-10-21)26-25(19-14-16-31-17-15-19)22-11-13-24(32-27(22)34-26)33-28(35)23(30)12-6-18-4-2-1-3-5-18/h1-5,7-11,13-17,23H,6,12,30H2,(H2,32,33,34,35)/t23-/m0/s1. The maximum absolute atomic E-state index is 13.5. The number of benzene rings is 2. The average molecular weight is 466 g/mol. The van der Waals surface area contributed by atoms with E-state index < -0.39 is 6.04 Å². The second kappa shape index (κ2) is 9.87. The number of anilines is 1. The zero-order chi connectivity index (χ0) is 24.2. The van der Waals surface area contributed by atoms with Gasteiger partial charge in [0.2, 0.25) is 5.91 Å². The maximum atomic E-state index is 13.5. The fraction of sp³-hybridized carbons (Fsp3) is 0.107. The lowest BCUT2D eigenvalue weighted by Crippen LogP contribution is -2.36. The van der Waals surface area contributed by atoms with Crippen molar-refractivity contribution in [2.24, 2.45) is 5.73 Å². The number of aromatic amines is 1. The second-order valence-corrected chi connectivity index (χ2v) is 8.33. The smallest absolute Gasteiger partial charge is 0.242 e. The average Bonchev–Trinajstić information content (AvgIpc) is 3.27. The molecule has 174 valence electrons. The molecule has 35 heavy (non-hydrogen) atoms. The van der Waals surface area contributed by atoms with E-state index >= 15 is 0 Å². The Morgan fingerprint density at radius 1 is 0.943 bits per heavy atom. The summed E-state index contributed by atoms with van der Waals surface area (Å²) in [4.78, 5) is 24.8. The Morgan fingerprint density at radius 2 is 1.69 bits per heavy atom. The monoisotopic (exact) mass is 465 g/mol. The molecule has 0 aliphatic rings. The normalized spacial score (nSPS) is 11.9. The number of carbonyl (C=O) groups is 1. The second-order valence-electron chi connectivity index (χ2n) is 8.33. The first kappa shape index (κ1) is 22.4. The molecule has 0 spiro atoms. The minimum atomic E-state index is -0.654. The molecule has 4 N–H and O–H groups in total. The molecule has 3 aromatic heterocycles. The van der Waals surface area contributed by atoms with Crippen molar-refractivity contribution in [3.05, 3.63) is 103 Å². The van der Waals surface area contributed by atoms with Gasteiger partial charge in [0.1, 0.15) is 17.3 Å². The van der Waals surface area contributed by atoms with Crippen molar-refractivity contribution in [2.75, 3.05) is 5.32 Å². The molecule has 7 heteroatoms. The molecule has 0 fully saturated rings. The first-order valence-electron chi connectivity index (χ1n) is 11.4. The highest BCUT2D eigenvalue weighted by atomic mass is 19.1. The molecule has 0 saturated heterocycles.